The van der Waals surface area contributed by atoms with E-state index in [1.165, 1.54) is 17.6 Å². The van der Waals surface area contributed by atoms with Crippen LogP contribution in [0.4, 0.5) is 10.8 Å². The molecule has 0 saturated carbocycles. The second-order valence-corrected chi connectivity index (χ2v) is 11.2. The Bertz CT molecular complexity index is 1710. The molecule has 1 aromatic heterocycles. The highest BCUT2D eigenvalue weighted by molar-refractivity contribution is 7.14. The fourth-order valence-corrected chi connectivity index (χ4v) is 5.08. The number of carbonyl (C=O) groups excluding carboxylic acids is 1. The summed E-state index contributed by atoms with van der Waals surface area (Å²) < 4.78 is 5.79. The van der Waals surface area contributed by atoms with Gasteiger partial charge >= 0.3 is 0 Å². The lowest BCUT2D eigenvalue weighted by Gasteiger charge is -2.09. The first kappa shape index (κ1) is 28.9. The first-order valence-electron chi connectivity index (χ1n) is 12.1. The van der Waals surface area contributed by atoms with Crippen LogP contribution in [0.5, 0.6) is 5.75 Å². The normalized spacial score (nSPS) is 11.0. The van der Waals surface area contributed by atoms with Crippen LogP contribution in [-0.4, -0.2) is 17.1 Å². The number of carbonyl (C=O) groups is 1. The predicted molar refractivity (Wildman–Crippen MR) is 170 cm³/mol. The molecule has 0 unspecified atom stereocenters. The number of aromatic nitrogens is 1. The Morgan fingerprint density at radius 1 is 0.878 bits per heavy atom. The highest BCUT2D eigenvalue weighted by Gasteiger charge is 2.09. The van der Waals surface area contributed by atoms with Crippen molar-refractivity contribution in [1.29, 1.82) is 0 Å². The molecule has 1 amide bonds. The van der Waals surface area contributed by atoms with Crippen LogP contribution in [0, 0.1) is 0 Å². The van der Waals surface area contributed by atoms with Crippen molar-refractivity contribution in [3.05, 3.63) is 127 Å². The van der Waals surface area contributed by atoms with Gasteiger partial charge in [-0.05, 0) is 77.9 Å². The number of amides is 1. The maximum Gasteiger partial charge on any atom is 0.271 e. The molecule has 0 spiro atoms. The van der Waals surface area contributed by atoms with E-state index >= 15 is 0 Å². The third-order valence-electron chi connectivity index (χ3n) is 5.76. The monoisotopic (exact) mass is 640 g/mol. The van der Waals surface area contributed by atoms with Gasteiger partial charge in [-0.3, -0.25) is 4.79 Å². The molecule has 0 fully saturated rings. The van der Waals surface area contributed by atoms with Gasteiger partial charge < -0.3 is 10.1 Å². The summed E-state index contributed by atoms with van der Waals surface area (Å²) in [5.74, 6) is 0.163. The van der Waals surface area contributed by atoms with Gasteiger partial charge in [-0.25, -0.2) is 10.4 Å². The molecule has 206 valence electrons. The van der Waals surface area contributed by atoms with Gasteiger partial charge in [0.05, 0.1) is 27.0 Å². The third kappa shape index (κ3) is 7.79. The van der Waals surface area contributed by atoms with Crippen molar-refractivity contribution in [2.75, 3.05) is 5.32 Å². The molecule has 0 radical (unpaired) electrons. The zero-order chi connectivity index (χ0) is 28.8. The Hall–Kier alpha value is -3.59. The minimum Gasteiger partial charge on any atom is -0.487 e. The van der Waals surface area contributed by atoms with Gasteiger partial charge in [-0.2, -0.15) is 5.10 Å². The molecule has 0 saturated heterocycles. The quantitative estimate of drug-likeness (QED) is 0.124. The lowest BCUT2D eigenvalue weighted by Crippen LogP contribution is -2.17. The number of halogens is 4. The van der Waals surface area contributed by atoms with E-state index in [-0.39, 0.29) is 12.5 Å². The molecule has 5 rings (SSSR count). The predicted octanol–water partition coefficient (Wildman–Crippen LogP) is 9.51. The average molecular weight is 642 g/mol. The zero-order valence-corrected chi connectivity index (χ0v) is 24.9. The van der Waals surface area contributed by atoms with Gasteiger partial charge in [0.1, 0.15) is 12.4 Å². The second-order valence-electron chi connectivity index (χ2n) is 8.67. The molecular formula is C30H20Cl4N4O2S. The number of benzene rings is 4. The van der Waals surface area contributed by atoms with Crippen LogP contribution in [0.25, 0.3) is 11.3 Å². The number of anilines is 2. The molecule has 1 heterocycles. The minimum absolute atomic E-state index is 0.281. The number of hydrazone groups is 1. The van der Waals surface area contributed by atoms with Gasteiger partial charge in [-0.15, -0.1) is 11.3 Å². The molecule has 4 aromatic carbocycles. The Kier molecular flexibility index (Phi) is 9.44. The van der Waals surface area contributed by atoms with E-state index in [0.29, 0.717) is 37.0 Å². The summed E-state index contributed by atoms with van der Waals surface area (Å²) in [6.07, 6.45) is 1.51. The summed E-state index contributed by atoms with van der Waals surface area (Å²) >= 11 is 25.8. The summed E-state index contributed by atoms with van der Waals surface area (Å²) in [6, 6.07) is 25.0. The van der Waals surface area contributed by atoms with Crippen molar-refractivity contribution in [3.8, 4) is 17.0 Å². The first-order valence-corrected chi connectivity index (χ1v) is 14.5. The van der Waals surface area contributed by atoms with E-state index in [1.54, 1.807) is 42.5 Å². The fraction of sp³-hybridized carbons (Fsp3) is 0.0333. The smallest absolute Gasteiger partial charge is 0.271 e. The molecule has 2 N–H and O–H groups in total. The fourth-order valence-electron chi connectivity index (χ4n) is 3.65. The number of ether oxygens (including phenoxy) is 1. The summed E-state index contributed by atoms with van der Waals surface area (Å²) in [6.45, 7) is 0.281. The van der Waals surface area contributed by atoms with Crippen molar-refractivity contribution in [3.63, 3.8) is 0 Å². The van der Waals surface area contributed by atoms with Crippen molar-refractivity contribution >= 4 is 80.7 Å². The molecule has 0 bridgehead atoms. The highest BCUT2D eigenvalue weighted by atomic mass is 35.5. The van der Waals surface area contributed by atoms with Crippen molar-refractivity contribution in [2.24, 2.45) is 5.10 Å². The van der Waals surface area contributed by atoms with Crippen LogP contribution >= 0.6 is 57.7 Å². The summed E-state index contributed by atoms with van der Waals surface area (Å²) in [5, 5.41) is 12.0. The molecule has 0 aliphatic heterocycles. The number of nitrogens with one attached hydrogen (secondary N) is 2. The molecule has 6 nitrogen and oxygen atoms in total. The highest BCUT2D eigenvalue weighted by Crippen LogP contribution is 2.29. The topological polar surface area (TPSA) is 75.6 Å². The van der Waals surface area contributed by atoms with Crippen LogP contribution in [0.1, 0.15) is 21.5 Å². The van der Waals surface area contributed by atoms with Gasteiger partial charge in [0.15, 0.2) is 5.13 Å². The Labute approximate surface area is 260 Å². The van der Waals surface area contributed by atoms with Crippen molar-refractivity contribution in [2.45, 2.75) is 6.61 Å². The van der Waals surface area contributed by atoms with Crippen LogP contribution in [-0.2, 0) is 6.61 Å². The Morgan fingerprint density at radius 2 is 1.66 bits per heavy atom. The Balaban J connectivity index is 1.14. The van der Waals surface area contributed by atoms with Crippen LogP contribution in [0.3, 0.4) is 0 Å². The maximum absolute atomic E-state index is 12.6. The van der Waals surface area contributed by atoms with Gasteiger partial charge in [0.2, 0.25) is 0 Å². The van der Waals surface area contributed by atoms with Crippen molar-refractivity contribution < 1.29 is 9.53 Å². The van der Waals surface area contributed by atoms with E-state index in [2.05, 4.69) is 20.8 Å². The van der Waals surface area contributed by atoms with E-state index in [4.69, 9.17) is 51.1 Å². The summed E-state index contributed by atoms with van der Waals surface area (Å²) in [4.78, 5) is 17.2. The maximum atomic E-state index is 12.6. The van der Waals surface area contributed by atoms with Gasteiger partial charge in [0.25, 0.3) is 5.91 Å². The van der Waals surface area contributed by atoms with E-state index in [1.807, 2.05) is 47.8 Å². The molecule has 0 atom stereocenters. The largest absolute Gasteiger partial charge is 0.487 e. The SMILES string of the molecule is O=C(N/N=C\c1ccc(OCc2ccc(Cl)c(Cl)c2)c(Cl)c1)c1ccc(-c2csc(Nc3ccc(Cl)cc3)n2)cc1. The van der Waals surface area contributed by atoms with Crippen LogP contribution < -0.4 is 15.5 Å². The van der Waals surface area contributed by atoms with E-state index in [0.717, 1.165) is 27.6 Å². The number of rotatable bonds is 9. The van der Waals surface area contributed by atoms with Crippen LogP contribution in [0.2, 0.25) is 20.1 Å². The summed E-state index contributed by atoms with van der Waals surface area (Å²) in [5.41, 5.74) is 7.14. The molecule has 0 aliphatic carbocycles. The molecule has 0 aliphatic rings. The van der Waals surface area contributed by atoms with E-state index < -0.39 is 0 Å². The molecule has 41 heavy (non-hydrogen) atoms. The number of nitrogens with zero attached hydrogens (tertiary/aromatic N) is 2. The second kappa shape index (κ2) is 13.4. The zero-order valence-electron chi connectivity index (χ0n) is 21.1. The van der Waals surface area contributed by atoms with E-state index in [9.17, 15) is 4.79 Å². The first-order chi connectivity index (χ1) is 19.8. The van der Waals surface area contributed by atoms with Gasteiger partial charge in [0, 0.05) is 27.2 Å². The number of hydrogen-bond donors (Lipinski definition) is 2. The summed E-state index contributed by atoms with van der Waals surface area (Å²) in [7, 11) is 0. The average Bonchev–Trinajstić information content (AvgIpc) is 3.44. The molecule has 5 aromatic rings. The molecular weight excluding hydrogens is 622 g/mol. The number of hydrogen-bond acceptors (Lipinski definition) is 6. The standard InChI is InChI=1S/C30H20Cl4N4O2S/c31-22-7-9-23(10-8-22)36-30-37-27(17-41-30)20-3-5-21(6-4-20)29(39)38-35-15-18-2-12-28(26(34)13-18)40-16-19-1-11-24(32)25(33)14-19/h1-15,17H,16H2,(H,36,37)(H,38,39)/b35-15-. The molecule has 11 heteroatoms. The lowest BCUT2D eigenvalue weighted by atomic mass is 10.1. The lowest BCUT2D eigenvalue weighted by molar-refractivity contribution is 0.0955. The number of thiazole rings is 1. The minimum atomic E-state index is -0.344. The van der Waals surface area contributed by atoms with Crippen molar-refractivity contribution in [1.82, 2.24) is 10.4 Å². The third-order valence-corrected chi connectivity index (χ3v) is 7.80. The van der Waals surface area contributed by atoms with Gasteiger partial charge in [-0.1, -0.05) is 64.6 Å². The van der Waals surface area contributed by atoms with Crippen LogP contribution in [0.15, 0.2) is 95.4 Å². The Morgan fingerprint density at radius 3 is 2.39 bits per heavy atom.